The summed E-state index contributed by atoms with van der Waals surface area (Å²) in [5, 5.41) is 6.53. The van der Waals surface area contributed by atoms with Crippen LogP contribution in [0.15, 0.2) is 24.5 Å². The van der Waals surface area contributed by atoms with E-state index in [1.165, 1.54) is 38.4 Å². The van der Waals surface area contributed by atoms with Gasteiger partial charge in [0.1, 0.15) is 5.75 Å². The number of aromatic nitrogens is 2. The minimum Gasteiger partial charge on any atom is -0.496 e. The van der Waals surface area contributed by atoms with Crippen LogP contribution in [0.3, 0.4) is 0 Å². The largest absolute Gasteiger partial charge is 0.496 e. The van der Waals surface area contributed by atoms with Crippen molar-refractivity contribution >= 4 is 11.9 Å². The van der Waals surface area contributed by atoms with Crippen molar-refractivity contribution in [1.29, 1.82) is 0 Å². The van der Waals surface area contributed by atoms with Crippen LogP contribution in [0.5, 0.6) is 17.2 Å². The van der Waals surface area contributed by atoms with Gasteiger partial charge in [-0.2, -0.15) is 5.10 Å². The summed E-state index contributed by atoms with van der Waals surface area (Å²) in [4.78, 5) is 23.7. The van der Waals surface area contributed by atoms with Gasteiger partial charge >= 0.3 is 5.97 Å². The van der Waals surface area contributed by atoms with Crippen LogP contribution in [0.4, 0.5) is 0 Å². The molecule has 1 amide bonds. The summed E-state index contributed by atoms with van der Waals surface area (Å²) in [6, 6.07) is 3.38. The van der Waals surface area contributed by atoms with E-state index in [1.807, 2.05) is 0 Å². The molecule has 2 rings (SSSR count). The van der Waals surface area contributed by atoms with Crippen LogP contribution >= 0.6 is 0 Å². The fourth-order valence-corrected chi connectivity index (χ4v) is 2.22. The third kappa shape index (κ3) is 4.65. The summed E-state index contributed by atoms with van der Waals surface area (Å²) >= 11 is 0. The lowest BCUT2D eigenvalue weighted by atomic mass is 10.1. The first-order valence-corrected chi connectivity index (χ1v) is 7.69. The summed E-state index contributed by atoms with van der Waals surface area (Å²) in [5.41, 5.74) is 0.971. The maximum absolute atomic E-state index is 11.9. The van der Waals surface area contributed by atoms with Crippen LogP contribution in [-0.4, -0.2) is 49.6 Å². The van der Waals surface area contributed by atoms with Gasteiger partial charge in [-0.05, 0) is 6.07 Å². The molecule has 0 spiro atoms. The highest BCUT2D eigenvalue weighted by atomic mass is 16.5. The lowest BCUT2D eigenvalue weighted by Crippen LogP contribution is -2.28. The molecule has 0 saturated heterocycles. The summed E-state index contributed by atoms with van der Waals surface area (Å²) in [5.74, 6) is 0.511. The lowest BCUT2D eigenvalue weighted by molar-refractivity contribution is -0.124. The molecule has 9 heteroatoms. The Balaban J connectivity index is 1.93. The van der Waals surface area contributed by atoms with Crippen molar-refractivity contribution < 1.29 is 28.5 Å². The topological polar surface area (TPSA) is 101 Å². The predicted molar refractivity (Wildman–Crippen MR) is 91.4 cm³/mol. The molecule has 26 heavy (non-hydrogen) atoms. The second kappa shape index (κ2) is 8.75. The molecule has 0 saturated carbocycles. The number of nitrogens with zero attached hydrogens (tertiary/aromatic N) is 2. The van der Waals surface area contributed by atoms with E-state index in [0.717, 1.165) is 0 Å². The third-order valence-corrected chi connectivity index (χ3v) is 3.54. The van der Waals surface area contributed by atoms with E-state index < -0.39 is 18.5 Å². The number of hydrogen-bond donors (Lipinski definition) is 1. The molecule has 0 unspecified atom stereocenters. The smallest absolute Gasteiger partial charge is 0.341 e. The number of aryl methyl sites for hydroxylation is 1. The molecule has 0 aliphatic rings. The van der Waals surface area contributed by atoms with Gasteiger partial charge in [-0.1, -0.05) is 0 Å². The molecule has 0 atom stereocenters. The highest BCUT2D eigenvalue weighted by molar-refractivity contribution is 5.90. The van der Waals surface area contributed by atoms with Crippen LogP contribution in [0, 0.1) is 0 Å². The molecule has 140 valence electrons. The number of benzene rings is 1. The molecular formula is C17H21N3O6. The van der Waals surface area contributed by atoms with Gasteiger partial charge in [0.15, 0.2) is 18.1 Å². The van der Waals surface area contributed by atoms with Crippen molar-refractivity contribution in [3.8, 4) is 17.2 Å². The standard InChI is InChI=1S/C17H21N3O6/c1-20-9-12(8-19-20)17(22)26-10-16(21)18-7-11-5-14(24-3)15(25-4)6-13(11)23-2/h5-6,8-9H,7,10H2,1-4H3,(H,18,21). The molecule has 2 aromatic rings. The quantitative estimate of drug-likeness (QED) is 0.696. The van der Waals surface area contributed by atoms with Crippen molar-refractivity contribution in [3.63, 3.8) is 0 Å². The molecule has 0 aliphatic heterocycles. The van der Waals surface area contributed by atoms with E-state index in [0.29, 0.717) is 22.8 Å². The molecule has 9 nitrogen and oxygen atoms in total. The summed E-state index contributed by atoms with van der Waals surface area (Å²) in [6.45, 7) is -0.226. The van der Waals surface area contributed by atoms with E-state index in [2.05, 4.69) is 10.4 Å². The molecule has 0 bridgehead atoms. The number of nitrogens with one attached hydrogen (secondary N) is 1. The summed E-state index contributed by atoms with van der Waals surface area (Å²) in [6.07, 6.45) is 2.88. The molecule has 1 aromatic carbocycles. The van der Waals surface area contributed by atoms with Gasteiger partial charge in [0, 0.05) is 31.4 Å². The second-order valence-corrected chi connectivity index (χ2v) is 5.27. The monoisotopic (exact) mass is 363 g/mol. The zero-order valence-electron chi connectivity index (χ0n) is 15.1. The van der Waals surface area contributed by atoms with Gasteiger partial charge in [0.2, 0.25) is 0 Å². The van der Waals surface area contributed by atoms with Crippen molar-refractivity contribution in [3.05, 3.63) is 35.7 Å². The van der Waals surface area contributed by atoms with E-state index in [1.54, 1.807) is 19.2 Å². The normalized spacial score (nSPS) is 10.2. The SMILES string of the molecule is COc1cc(OC)c(OC)cc1CNC(=O)COC(=O)c1cnn(C)c1. The maximum atomic E-state index is 11.9. The molecular weight excluding hydrogens is 342 g/mol. The fourth-order valence-electron chi connectivity index (χ4n) is 2.22. The van der Waals surface area contributed by atoms with E-state index in [-0.39, 0.29) is 12.1 Å². The Morgan fingerprint density at radius 2 is 1.73 bits per heavy atom. The highest BCUT2D eigenvalue weighted by Crippen LogP contribution is 2.34. The first kappa shape index (κ1) is 19.1. The Hall–Kier alpha value is -3.23. The zero-order valence-corrected chi connectivity index (χ0v) is 15.1. The van der Waals surface area contributed by atoms with Crippen molar-refractivity contribution in [2.24, 2.45) is 7.05 Å². The summed E-state index contributed by atoms with van der Waals surface area (Å²) in [7, 11) is 6.24. The number of carbonyl (C=O) groups excluding carboxylic acids is 2. The number of amides is 1. The Bertz CT molecular complexity index is 787. The Labute approximate surface area is 150 Å². The van der Waals surface area contributed by atoms with Crippen LogP contribution in [0.1, 0.15) is 15.9 Å². The van der Waals surface area contributed by atoms with E-state index >= 15 is 0 Å². The van der Waals surface area contributed by atoms with Crippen molar-refractivity contribution in [1.82, 2.24) is 15.1 Å². The number of methoxy groups -OCH3 is 3. The fraction of sp³-hybridized carbons (Fsp3) is 0.353. The Morgan fingerprint density at radius 3 is 2.31 bits per heavy atom. The number of carbonyl (C=O) groups is 2. The van der Waals surface area contributed by atoms with Gasteiger partial charge in [0.25, 0.3) is 5.91 Å². The minimum absolute atomic E-state index is 0.173. The number of ether oxygens (including phenoxy) is 4. The molecule has 0 aliphatic carbocycles. The van der Waals surface area contributed by atoms with Gasteiger partial charge in [-0.15, -0.1) is 0 Å². The maximum Gasteiger partial charge on any atom is 0.341 e. The first-order chi connectivity index (χ1) is 12.5. The summed E-state index contributed by atoms with van der Waals surface area (Å²) < 4.78 is 22.2. The highest BCUT2D eigenvalue weighted by Gasteiger charge is 2.14. The first-order valence-electron chi connectivity index (χ1n) is 7.69. The minimum atomic E-state index is -0.614. The predicted octanol–water partition coefficient (Wildman–Crippen LogP) is 0.919. The number of esters is 1. The average molecular weight is 363 g/mol. The number of rotatable bonds is 8. The molecule has 1 N–H and O–H groups in total. The third-order valence-electron chi connectivity index (χ3n) is 3.54. The van der Waals surface area contributed by atoms with Gasteiger partial charge in [0.05, 0.1) is 33.1 Å². The van der Waals surface area contributed by atoms with E-state index in [4.69, 9.17) is 18.9 Å². The van der Waals surface area contributed by atoms with Crippen LogP contribution < -0.4 is 19.5 Å². The molecule has 1 aromatic heterocycles. The molecule has 0 radical (unpaired) electrons. The average Bonchev–Trinajstić information content (AvgIpc) is 3.09. The second-order valence-electron chi connectivity index (χ2n) is 5.27. The van der Waals surface area contributed by atoms with Gasteiger partial charge in [-0.3, -0.25) is 9.48 Å². The van der Waals surface area contributed by atoms with Crippen LogP contribution in [-0.2, 0) is 23.1 Å². The van der Waals surface area contributed by atoms with E-state index in [9.17, 15) is 9.59 Å². The molecule has 1 heterocycles. The zero-order chi connectivity index (χ0) is 19.1. The number of hydrogen-bond acceptors (Lipinski definition) is 7. The van der Waals surface area contributed by atoms with Gasteiger partial charge in [-0.25, -0.2) is 4.79 Å². The Morgan fingerprint density at radius 1 is 1.08 bits per heavy atom. The van der Waals surface area contributed by atoms with Crippen molar-refractivity contribution in [2.45, 2.75) is 6.54 Å². The van der Waals surface area contributed by atoms with Crippen LogP contribution in [0.25, 0.3) is 0 Å². The molecule has 0 fully saturated rings. The lowest BCUT2D eigenvalue weighted by Gasteiger charge is -2.14. The van der Waals surface area contributed by atoms with Crippen molar-refractivity contribution in [2.75, 3.05) is 27.9 Å². The van der Waals surface area contributed by atoms with Crippen LogP contribution in [0.2, 0.25) is 0 Å². The van der Waals surface area contributed by atoms with Gasteiger partial charge < -0.3 is 24.3 Å². The Kier molecular flexibility index (Phi) is 6.42.